The largest absolute Gasteiger partial charge is 0.494 e. The van der Waals surface area contributed by atoms with E-state index in [0.717, 1.165) is 40.8 Å². The fourth-order valence-corrected chi connectivity index (χ4v) is 4.35. The quantitative estimate of drug-likeness (QED) is 0.345. The summed E-state index contributed by atoms with van der Waals surface area (Å²) in [5, 5.41) is 1.80. The number of halogens is 2. The first-order chi connectivity index (χ1) is 15.0. The highest BCUT2D eigenvalue weighted by Crippen LogP contribution is 2.39. The molecule has 4 rings (SSSR count). The average Bonchev–Trinajstić information content (AvgIpc) is 3.11. The summed E-state index contributed by atoms with van der Waals surface area (Å²) >= 11 is 12.0. The number of benzene rings is 2. The van der Waals surface area contributed by atoms with Gasteiger partial charge in [0.2, 0.25) is 0 Å². The molecule has 0 spiro atoms. The zero-order valence-corrected chi connectivity index (χ0v) is 19.2. The molecular weight excluding hydrogens is 435 g/mol. The van der Waals surface area contributed by atoms with Crippen LogP contribution in [-0.4, -0.2) is 41.1 Å². The smallest absolute Gasteiger partial charge is 0.410 e. The Hall–Kier alpha value is -2.37. The molecule has 1 aliphatic rings. The second-order valence-electron chi connectivity index (χ2n) is 7.95. The average molecular weight is 461 g/mol. The topological polar surface area (TPSA) is 54.6 Å². The summed E-state index contributed by atoms with van der Waals surface area (Å²) in [7, 11) is 0. The van der Waals surface area contributed by atoms with Crippen LogP contribution in [0, 0.1) is 0 Å². The lowest BCUT2D eigenvalue weighted by Gasteiger charge is -2.36. The number of aromatic amines is 1. The minimum Gasteiger partial charge on any atom is -0.494 e. The predicted octanol–water partition coefficient (Wildman–Crippen LogP) is 6.32. The number of carbonyl (C=O) groups excluding carboxylic acids is 1. The molecule has 1 amide bonds. The van der Waals surface area contributed by atoms with Gasteiger partial charge in [0.05, 0.1) is 12.7 Å². The SMILES string of the molecule is CC(C)OC(=O)N1CCc2c([nH]c3ccc(Cl)cc23)C1c1ccc(OCCCCl)cc1. The van der Waals surface area contributed by atoms with Gasteiger partial charge in [-0.2, -0.15) is 0 Å². The Kier molecular flexibility index (Phi) is 6.63. The zero-order valence-electron chi connectivity index (χ0n) is 17.7. The van der Waals surface area contributed by atoms with Crippen molar-refractivity contribution in [3.8, 4) is 5.75 Å². The number of rotatable bonds is 6. The molecule has 7 heteroatoms. The molecule has 0 saturated carbocycles. The van der Waals surface area contributed by atoms with Crippen LogP contribution in [0.4, 0.5) is 4.79 Å². The molecule has 0 saturated heterocycles. The summed E-state index contributed by atoms with van der Waals surface area (Å²) in [6.45, 7) is 4.86. The van der Waals surface area contributed by atoms with Gasteiger partial charge in [-0.1, -0.05) is 23.7 Å². The van der Waals surface area contributed by atoms with Crippen molar-refractivity contribution < 1.29 is 14.3 Å². The van der Waals surface area contributed by atoms with Gasteiger partial charge in [0, 0.05) is 34.0 Å². The summed E-state index contributed by atoms with van der Waals surface area (Å²) in [5.41, 5.74) is 4.20. The molecule has 0 aliphatic carbocycles. The van der Waals surface area contributed by atoms with Crippen molar-refractivity contribution >= 4 is 40.2 Å². The number of ether oxygens (including phenoxy) is 2. The molecule has 2 heterocycles. The van der Waals surface area contributed by atoms with Crippen molar-refractivity contribution in [1.29, 1.82) is 0 Å². The molecule has 1 unspecified atom stereocenters. The van der Waals surface area contributed by atoms with E-state index in [0.29, 0.717) is 24.1 Å². The van der Waals surface area contributed by atoms with Crippen molar-refractivity contribution in [3.05, 3.63) is 64.3 Å². The van der Waals surface area contributed by atoms with Crippen molar-refractivity contribution in [2.24, 2.45) is 0 Å². The first-order valence-electron chi connectivity index (χ1n) is 10.5. The lowest BCUT2D eigenvalue weighted by molar-refractivity contribution is 0.0655. The maximum atomic E-state index is 12.9. The van der Waals surface area contributed by atoms with Gasteiger partial charge in [0.15, 0.2) is 0 Å². The number of alkyl halides is 1. The minimum atomic E-state index is -0.315. The number of H-pyrrole nitrogens is 1. The van der Waals surface area contributed by atoms with Crippen LogP contribution < -0.4 is 4.74 Å². The van der Waals surface area contributed by atoms with Gasteiger partial charge in [-0.15, -0.1) is 11.6 Å². The molecular formula is C24H26Cl2N2O3. The van der Waals surface area contributed by atoms with E-state index in [1.807, 2.05) is 56.3 Å². The van der Waals surface area contributed by atoms with Crippen LogP contribution in [0.25, 0.3) is 10.9 Å². The molecule has 2 aromatic carbocycles. The minimum absolute atomic E-state index is 0.186. The van der Waals surface area contributed by atoms with Crippen LogP contribution in [0.5, 0.6) is 5.75 Å². The predicted molar refractivity (Wildman–Crippen MR) is 124 cm³/mol. The Balaban J connectivity index is 1.73. The highest BCUT2D eigenvalue weighted by molar-refractivity contribution is 6.31. The van der Waals surface area contributed by atoms with Crippen molar-refractivity contribution in [1.82, 2.24) is 9.88 Å². The van der Waals surface area contributed by atoms with Gasteiger partial charge >= 0.3 is 6.09 Å². The van der Waals surface area contributed by atoms with Gasteiger partial charge < -0.3 is 14.5 Å². The van der Waals surface area contributed by atoms with E-state index in [1.165, 1.54) is 5.56 Å². The third kappa shape index (κ3) is 4.63. The fourth-order valence-electron chi connectivity index (χ4n) is 4.06. The zero-order chi connectivity index (χ0) is 22.0. The molecule has 0 radical (unpaired) electrons. The van der Waals surface area contributed by atoms with E-state index >= 15 is 0 Å². The van der Waals surface area contributed by atoms with Gasteiger partial charge in [0.25, 0.3) is 0 Å². The second-order valence-corrected chi connectivity index (χ2v) is 8.76. The number of nitrogens with zero attached hydrogens (tertiary/aromatic N) is 1. The van der Waals surface area contributed by atoms with Crippen molar-refractivity contribution in [3.63, 3.8) is 0 Å². The van der Waals surface area contributed by atoms with E-state index in [1.54, 1.807) is 4.90 Å². The second kappa shape index (κ2) is 9.41. The third-order valence-electron chi connectivity index (χ3n) is 5.40. The van der Waals surface area contributed by atoms with Gasteiger partial charge in [-0.3, -0.25) is 4.90 Å². The Labute approximate surface area is 192 Å². The van der Waals surface area contributed by atoms with Crippen LogP contribution in [-0.2, 0) is 11.2 Å². The summed E-state index contributed by atoms with van der Waals surface area (Å²) in [4.78, 5) is 18.3. The number of hydrogen-bond acceptors (Lipinski definition) is 3. The Morgan fingerprint density at radius 2 is 2.00 bits per heavy atom. The molecule has 3 aromatic rings. The number of carbonyl (C=O) groups is 1. The molecule has 0 bridgehead atoms. The lowest BCUT2D eigenvalue weighted by Crippen LogP contribution is -2.41. The first-order valence-corrected chi connectivity index (χ1v) is 11.4. The van der Waals surface area contributed by atoms with E-state index in [-0.39, 0.29) is 18.2 Å². The number of fused-ring (bicyclic) bond motifs is 3. The van der Waals surface area contributed by atoms with E-state index in [9.17, 15) is 4.79 Å². The summed E-state index contributed by atoms with van der Waals surface area (Å²) in [5.74, 6) is 1.35. The van der Waals surface area contributed by atoms with E-state index in [2.05, 4.69) is 4.98 Å². The summed E-state index contributed by atoms with van der Waals surface area (Å²) in [6.07, 6.45) is 1.03. The number of nitrogens with one attached hydrogen (secondary N) is 1. The van der Waals surface area contributed by atoms with Crippen LogP contribution in [0.15, 0.2) is 42.5 Å². The van der Waals surface area contributed by atoms with Gasteiger partial charge in [0.1, 0.15) is 11.8 Å². The fraction of sp³-hybridized carbons (Fsp3) is 0.375. The summed E-state index contributed by atoms with van der Waals surface area (Å²) in [6, 6.07) is 13.4. The van der Waals surface area contributed by atoms with E-state index < -0.39 is 0 Å². The maximum absolute atomic E-state index is 12.9. The molecule has 0 fully saturated rings. The van der Waals surface area contributed by atoms with Crippen LogP contribution >= 0.6 is 23.2 Å². The maximum Gasteiger partial charge on any atom is 0.410 e. The van der Waals surface area contributed by atoms with Crippen molar-refractivity contribution in [2.75, 3.05) is 19.0 Å². The van der Waals surface area contributed by atoms with Crippen LogP contribution in [0.3, 0.4) is 0 Å². The molecule has 1 N–H and O–H groups in total. The normalized spacial score (nSPS) is 15.9. The van der Waals surface area contributed by atoms with E-state index in [4.69, 9.17) is 32.7 Å². The molecule has 1 atom stereocenters. The third-order valence-corrected chi connectivity index (χ3v) is 5.90. The Morgan fingerprint density at radius 1 is 1.23 bits per heavy atom. The molecule has 31 heavy (non-hydrogen) atoms. The Morgan fingerprint density at radius 3 is 2.71 bits per heavy atom. The molecule has 164 valence electrons. The van der Waals surface area contributed by atoms with Crippen molar-refractivity contribution in [2.45, 2.75) is 38.8 Å². The monoisotopic (exact) mass is 460 g/mol. The highest BCUT2D eigenvalue weighted by Gasteiger charge is 2.35. The molecule has 1 aliphatic heterocycles. The molecule has 5 nitrogen and oxygen atoms in total. The van der Waals surface area contributed by atoms with Crippen LogP contribution in [0.1, 0.15) is 43.1 Å². The standard InChI is InChI=1S/C24H26Cl2N2O3/c1-15(2)31-24(29)28-12-10-19-20-14-17(26)6-9-21(20)27-22(19)23(28)16-4-7-18(8-5-16)30-13-3-11-25/h4-9,14-15,23,27H,3,10-13H2,1-2H3. The highest BCUT2D eigenvalue weighted by atomic mass is 35.5. The summed E-state index contributed by atoms with van der Waals surface area (Å²) < 4.78 is 11.3. The van der Waals surface area contributed by atoms with Gasteiger partial charge in [-0.25, -0.2) is 4.79 Å². The first kappa shape index (κ1) is 21.8. The Bertz CT molecular complexity index is 1060. The number of aromatic nitrogens is 1. The van der Waals surface area contributed by atoms with Crippen LogP contribution in [0.2, 0.25) is 5.02 Å². The number of hydrogen-bond donors (Lipinski definition) is 1. The lowest BCUT2D eigenvalue weighted by atomic mass is 9.92. The number of amides is 1. The molecule has 1 aromatic heterocycles. The van der Waals surface area contributed by atoms with Gasteiger partial charge in [-0.05, 0) is 68.1 Å².